The molecule has 5 heteroatoms. The SMILES string of the molecule is CN1C=Cc2ccc(C(F)(F)F)cc2C1I. The Hall–Kier alpha value is -0.720. The van der Waals surface area contributed by atoms with E-state index in [9.17, 15) is 13.2 Å². The molecule has 0 aromatic heterocycles. The minimum Gasteiger partial charge on any atom is -0.365 e. The molecular weight excluding hydrogens is 330 g/mol. The van der Waals surface area contributed by atoms with E-state index < -0.39 is 11.7 Å². The smallest absolute Gasteiger partial charge is 0.365 e. The first-order valence-corrected chi connectivity index (χ1v) is 5.89. The maximum atomic E-state index is 12.5. The fourth-order valence-electron chi connectivity index (χ4n) is 1.60. The third-order valence-corrected chi connectivity index (χ3v) is 4.07. The van der Waals surface area contributed by atoms with Crippen LogP contribution in [0, 0.1) is 0 Å². The van der Waals surface area contributed by atoms with Crippen LogP contribution in [0.1, 0.15) is 20.7 Å². The summed E-state index contributed by atoms with van der Waals surface area (Å²) < 4.78 is 37.6. The minimum absolute atomic E-state index is 0.0556. The van der Waals surface area contributed by atoms with Gasteiger partial charge in [0.15, 0.2) is 0 Å². The van der Waals surface area contributed by atoms with Crippen molar-refractivity contribution < 1.29 is 13.2 Å². The van der Waals surface area contributed by atoms with Crippen LogP contribution in [0.3, 0.4) is 0 Å². The molecule has 1 heterocycles. The van der Waals surface area contributed by atoms with Gasteiger partial charge in [-0.3, -0.25) is 0 Å². The van der Waals surface area contributed by atoms with Gasteiger partial charge in [-0.15, -0.1) is 0 Å². The fourth-order valence-corrected chi connectivity index (χ4v) is 2.33. The highest BCUT2D eigenvalue weighted by molar-refractivity contribution is 14.1. The Morgan fingerprint density at radius 2 is 2.00 bits per heavy atom. The van der Waals surface area contributed by atoms with Gasteiger partial charge >= 0.3 is 6.18 Å². The van der Waals surface area contributed by atoms with E-state index >= 15 is 0 Å². The van der Waals surface area contributed by atoms with Gasteiger partial charge in [-0.1, -0.05) is 28.7 Å². The molecule has 86 valence electrons. The van der Waals surface area contributed by atoms with Crippen molar-refractivity contribution in [3.05, 3.63) is 41.1 Å². The molecule has 0 radical (unpaired) electrons. The van der Waals surface area contributed by atoms with E-state index in [1.165, 1.54) is 12.1 Å². The van der Waals surface area contributed by atoms with Crippen molar-refractivity contribution in [3.63, 3.8) is 0 Å². The van der Waals surface area contributed by atoms with Gasteiger partial charge in [-0.2, -0.15) is 13.2 Å². The molecule has 1 aromatic carbocycles. The van der Waals surface area contributed by atoms with Gasteiger partial charge in [0.2, 0.25) is 0 Å². The Kier molecular flexibility index (Phi) is 2.90. The Bertz CT molecular complexity index is 439. The summed E-state index contributed by atoms with van der Waals surface area (Å²) in [6.45, 7) is 0. The van der Waals surface area contributed by atoms with Gasteiger partial charge in [0.25, 0.3) is 0 Å². The Morgan fingerprint density at radius 3 is 2.62 bits per heavy atom. The van der Waals surface area contributed by atoms with Crippen LogP contribution in [0.15, 0.2) is 24.4 Å². The first-order valence-electron chi connectivity index (χ1n) is 4.65. The molecule has 1 aromatic rings. The Morgan fingerprint density at radius 1 is 1.31 bits per heavy atom. The van der Waals surface area contributed by atoms with Gasteiger partial charge in [-0.05, 0) is 29.3 Å². The van der Waals surface area contributed by atoms with Gasteiger partial charge in [-0.25, -0.2) is 0 Å². The molecule has 1 nitrogen and oxygen atoms in total. The number of nitrogens with zero attached hydrogens (tertiary/aromatic N) is 1. The third kappa shape index (κ3) is 2.05. The fraction of sp³-hybridized carbons (Fsp3) is 0.273. The molecule has 16 heavy (non-hydrogen) atoms. The molecule has 1 aliphatic heterocycles. The highest BCUT2D eigenvalue weighted by Crippen LogP contribution is 2.38. The summed E-state index contributed by atoms with van der Waals surface area (Å²) in [5.41, 5.74) is 0.975. The second-order valence-electron chi connectivity index (χ2n) is 3.66. The zero-order valence-electron chi connectivity index (χ0n) is 8.42. The van der Waals surface area contributed by atoms with Crippen LogP contribution < -0.4 is 0 Å². The van der Waals surface area contributed by atoms with Crippen LogP contribution in [-0.2, 0) is 6.18 Å². The highest BCUT2D eigenvalue weighted by Gasteiger charge is 2.32. The van der Waals surface area contributed by atoms with Crippen LogP contribution >= 0.6 is 22.6 Å². The lowest BCUT2D eigenvalue weighted by molar-refractivity contribution is -0.137. The molecule has 1 unspecified atom stereocenters. The van der Waals surface area contributed by atoms with Crippen LogP contribution in [-0.4, -0.2) is 11.9 Å². The first-order chi connectivity index (χ1) is 7.39. The summed E-state index contributed by atoms with van der Waals surface area (Å²) in [5.74, 6) is 0. The van der Waals surface area contributed by atoms with Crippen molar-refractivity contribution in [2.24, 2.45) is 0 Å². The lowest BCUT2D eigenvalue weighted by Gasteiger charge is -2.28. The van der Waals surface area contributed by atoms with E-state index in [1.54, 1.807) is 0 Å². The summed E-state index contributed by atoms with van der Waals surface area (Å²) >= 11 is 2.13. The minimum atomic E-state index is -4.27. The predicted octanol–water partition coefficient (Wildman–Crippen LogP) is 4.06. The zero-order valence-corrected chi connectivity index (χ0v) is 10.6. The van der Waals surface area contributed by atoms with Crippen molar-refractivity contribution in [2.75, 3.05) is 7.05 Å². The monoisotopic (exact) mass is 339 g/mol. The van der Waals surface area contributed by atoms with Crippen LogP contribution in [0.25, 0.3) is 6.08 Å². The zero-order chi connectivity index (χ0) is 11.9. The maximum Gasteiger partial charge on any atom is 0.416 e. The average Bonchev–Trinajstić information content (AvgIpc) is 2.22. The third-order valence-electron chi connectivity index (χ3n) is 2.52. The molecule has 0 N–H and O–H groups in total. The quantitative estimate of drug-likeness (QED) is 0.392. The van der Waals surface area contributed by atoms with Crippen LogP contribution in [0.2, 0.25) is 0 Å². The Balaban J connectivity index is 2.50. The maximum absolute atomic E-state index is 12.5. The van der Waals surface area contributed by atoms with E-state index in [4.69, 9.17) is 0 Å². The summed E-state index contributed by atoms with van der Waals surface area (Å²) in [4.78, 5) is 1.88. The molecule has 2 rings (SSSR count). The van der Waals surface area contributed by atoms with Gasteiger partial charge < -0.3 is 4.90 Å². The van der Waals surface area contributed by atoms with Gasteiger partial charge in [0.05, 0.1) is 5.56 Å². The normalized spacial score (nSPS) is 19.8. The van der Waals surface area contributed by atoms with Gasteiger partial charge in [0, 0.05) is 13.2 Å². The summed E-state index contributed by atoms with van der Waals surface area (Å²) in [7, 11) is 1.84. The summed E-state index contributed by atoms with van der Waals surface area (Å²) in [6, 6.07) is 3.87. The second-order valence-corrected chi connectivity index (χ2v) is 4.84. The largest absolute Gasteiger partial charge is 0.416 e. The molecule has 0 saturated carbocycles. The molecule has 0 aliphatic carbocycles. The van der Waals surface area contributed by atoms with Crippen molar-refractivity contribution in [1.29, 1.82) is 0 Å². The lowest BCUT2D eigenvalue weighted by atomic mass is 10.0. The van der Waals surface area contributed by atoms with Crippen molar-refractivity contribution >= 4 is 28.7 Å². The lowest BCUT2D eigenvalue weighted by Crippen LogP contribution is -2.18. The highest BCUT2D eigenvalue weighted by atomic mass is 127. The van der Waals surface area contributed by atoms with Crippen molar-refractivity contribution in [2.45, 2.75) is 10.2 Å². The number of hydrogen-bond acceptors (Lipinski definition) is 1. The molecule has 1 atom stereocenters. The average molecular weight is 339 g/mol. The van der Waals surface area contributed by atoms with E-state index in [1.807, 2.05) is 24.2 Å². The predicted molar refractivity (Wildman–Crippen MR) is 65.0 cm³/mol. The number of halogens is 4. The Labute approximate surface area is 105 Å². The first kappa shape index (κ1) is 11.8. The number of alkyl halides is 4. The van der Waals surface area contributed by atoms with Crippen molar-refractivity contribution in [3.8, 4) is 0 Å². The van der Waals surface area contributed by atoms with E-state index in [0.717, 1.165) is 11.6 Å². The van der Waals surface area contributed by atoms with E-state index in [-0.39, 0.29) is 4.05 Å². The van der Waals surface area contributed by atoms with E-state index in [2.05, 4.69) is 22.6 Å². The van der Waals surface area contributed by atoms with Crippen LogP contribution in [0.4, 0.5) is 13.2 Å². The number of benzene rings is 1. The number of hydrogen-bond donors (Lipinski definition) is 0. The molecule has 0 spiro atoms. The van der Waals surface area contributed by atoms with E-state index in [0.29, 0.717) is 5.56 Å². The van der Waals surface area contributed by atoms with Crippen LogP contribution in [0.5, 0.6) is 0 Å². The molecule has 0 amide bonds. The second kappa shape index (κ2) is 3.94. The van der Waals surface area contributed by atoms with Gasteiger partial charge in [0.1, 0.15) is 4.05 Å². The number of fused-ring (bicyclic) bond motifs is 1. The molecular formula is C11H9F3IN. The standard InChI is InChI=1S/C11H9F3IN/c1-16-5-4-7-2-3-8(11(12,13)14)6-9(7)10(16)15/h2-6,10H,1H3. The number of rotatable bonds is 0. The molecule has 0 bridgehead atoms. The topological polar surface area (TPSA) is 3.24 Å². The summed E-state index contributed by atoms with van der Waals surface area (Å²) in [6.07, 6.45) is -0.581. The molecule has 0 fully saturated rings. The molecule has 1 aliphatic rings. The van der Waals surface area contributed by atoms with Crippen molar-refractivity contribution in [1.82, 2.24) is 4.90 Å². The molecule has 0 saturated heterocycles. The summed E-state index contributed by atoms with van der Waals surface area (Å²) in [5, 5.41) is 0.